The summed E-state index contributed by atoms with van der Waals surface area (Å²) in [5, 5.41) is 0. The Bertz CT molecular complexity index is 418. The number of hydrogen-bond acceptors (Lipinski definition) is 2. The molecule has 0 aromatic heterocycles. The van der Waals surface area contributed by atoms with Crippen LogP contribution in [0.2, 0.25) is 0 Å². The molecule has 3 nitrogen and oxygen atoms in total. The number of alkyl halides is 1. The zero-order chi connectivity index (χ0) is 11.4. The number of Topliss-reactive ketones (excluding diaryl/α,β-unsaturated/α-hetero) is 1. The first-order valence-electron chi connectivity index (χ1n) is 4.24. The number of benzene rings is 1. The van der Waals surface area contributed by atoms with Crippen LogP contribution in [-0.4, -0.2) is 17.5 Å². The maximum atomic E-state index is 11.1. The third-order valence-electron chi connectivity index (χ3n) is 1.75. The van der Waals surface area contributed by atoms with Gasteiger partial charge in [-0.25, -0.2) is 4.99 Å². The summed E-state index contributed by atoms with van der Waals surface area (Å²) in [4.78, 5) is 15.2. The molecule has 0 aliphatic carbocycles. The van der Waals surface area contributed by atoms with E-state index in [0.717, 1.165) is 4.47 Å². The Labute approximate surface area is 101 Å². The Morgan fingerprint density at radius 2 is 2.27 bits per heavy atom. The Kier molecular flexibility index (Phi) is 4.29. The average molecular weight is 290 g/mol. The monoisotopic (exact) mass is 288 g/mol. The van der Waals surface area contributed by atoms with Gasteiger partial charge in [-0.3, -0.25) is 4.79 Å². The van der Waals surface area contributed by atoms with Crippen molar-refractivity contribution in [3.8, 4) is 0 Å². The minimum absolute atomic E-state index is 0.0107. The number of carbonyl (C=O) groups excluding carboxylic acids is 1. The molecule has 0 unspecified atom stereocenters. The first kappa shape index (κ1) is 12.2. The van der Waals surface area contributed by atoms with Crippen LogP contribution >= 0.6 is 27.5 Å². The van der Waals surface area contributed by atoms with E-state index in [1.54, 1.807) is 18.2 Å². The lowest BCUT2D eigenvalue weighted by Crippen LogP contribution is -2.12. The molecular formula is C10H10BrClN2O. The fourth-order valence-corrected chi connectivity index (χ4v) is 1.40. The molecular weight excluding hydrogens is 279 g/mol. The van der Waals surface area contributed by atoms with Crippen molar-refractivity contribution in [1.29, 1.82) is 0 Å². The second-order valence-electron chi connectivity index (χ2n) is 2.96. The molecule has 0 bridgehead atoms. The standard InChI is InChI=1S/C10H10BrClN2O/c1-6(15)7-2-3-8(11)9(4-7)14-10(13)5-12/h2-4H,5H2,1H3,(H2,13,14). The first-order chi connectivity index (χ1) is 7.04. The van der Waals surface area contributed by atoms with Crippen molar-refractivity contribution in [2.75, 3.05) is 5.88 Å². The maximum absolute atomic E-state index is 11.1. The van der Waals surface area contributed by atoms with Crippen molar-refractivity contribution in [2.24, 2.45) is 10.7 Å². The molecule has 0 saturated carbocycles. The number of nitrogens with two attached hydrogens (primary N) is 1. The van der Waals surface area contributed by atoms with E-state index in [0.29, 0.717) is 17.1 Å². The Balaban J connectivity index is 3.17. The van der Waals surface area contributed by atoms with Gasteiger partial charge in [-0.05, 0) is 35.0 Å². The van der Waals surface area contributed by atoms with Crippen LogP contribution in [0, 0.1) is 0 Å². The maximum Gasteiger partial charge on any atom is 0.159 e. The summed E-state index contributed by atoms with van der Waals surface area (Å²) in [6, 6.07) is 5.16. The second-order valence-corrected chi connectivity index (χ2v) is 4.08. The molecule has 2 N–H and O–H groups in total. The summed E-state index contributed by atoms with van der Waals surface area (Å²) in [6.07, 6.45) is 0. The number of ketones is 1. The van der Waals surface area contributed by atoms with Crippen molar-refractivity contribution < 1.29 is 4.79 Å². The van der Waals surface area contributed by atoms with E-state index in [1.165, 1.54) is 6.92 Å². The molecule has 15 heavy (non-hydrogen) atoms. The van der Waals surface area contributed by atoms with E-state index in [9.17, 15) is 4.79 Å². The molecule has 80 valence electrons. The van der Waals surface area contributed by atoms with Gasteiger partial charge >= 0.3 is 0 Å². The summed E-state index contributed by atoms with van der Waals surface area (Å²) in [5.41, 5.74) is 6.72. The fourth-order valence-electron chi connectivity index (χ4n) is 1.00. The summed E-state index contributed by atoms with van der Waals surface area (Å²) >= 11 is 8.84. The van der Waals surface area contributed by atoms with Crippen molar-refractivity contribution in [1.82, 2.24) is 0 Å². The van der Waals surface area contributed by atoms with Gasteiger partial charge in [0.05, 0.1) is 11.6 Å². The highest BCUT2D eigenvalue weighted by atomic mass is 79.9. The predicted octanol–water partition coefficient (Wildman–Crippen LogP) is 2.88. The van der Waals surface area contributed by atoms with E-state index in [-0.39, 0.29) is 11.7 Å². The fraction of sp³-hybridized carbons (Fsp3) is 0.200. The Morgan fingerprint density at radius 3 is 2.80 bits per heavy atom. The second kappa shape index (κ2) is 5.28. The molecule has 0 heterocycles. The molecule has 0 spiro atoms. The Morgan fingerprint density at radius 1 is 1.60 bits per heavy atom. The molecule has 0 radical (unpaired) electrons. The van der Waals surface area contributed by atoms with Crippen LogP contribution < -0.4 is 5.73 Å². The van der Waals surface area contributed by atoms with Crippen LogP contribution in [0.3, 0.4) is 0 Å². The van der Waals surface area contributed by atoms with Gasteiger partial charge < -0.3 is 5.73 Å². The number of aliphatic imine (C=N–C) groups is 1. The highest BCUT2D eigenvalue weighted by Crippen LogP contribution is 2.26. The van der Waals surface area contributed by atoms with Gasteiger partial charge in [0.2, 0.25) is 0 Å². The third kappa shape index (κ3) is 3.32. The molecule has 0 amide bonds. The SMILES string of the molecule is CC(=O)c1ccc(Br)c(N=C(N)CCl)c1. The normalized spacial score (nSPS) is 11.5. The minimum atomic E-state index is -0.0107. The van der Waals surface area contributed by atoms with Crippen molar-refractivity contribution in [3.63, 3.8) is 0 Å². The van der Waals surface area contributed by atoms with Crippen LogP contribution in [0.5, 0.6) is 0 Å². The van der Waals surface area contributed by atoms with Gasteiger partial charge in [0.1, 0.15) is 5.84 Å². The van der Waals surface area contributed by atoms with Gasteiger partial charge in [0.15, 0.2) is 5.78 Å². The van der Waals surface area contributed by atoms with Gasteiger partial charge in [0.25, 0.3) is 0 Å². The molecule has 0 saturated heterocycles. The topological polar surface area (TPSA) is 55.5 Å². The highest BCUT2D eigenvalue weighted by Gasteiger charge is 2.04. The number of hydrogen-bond donors (Lipinski definition) is 1. The zero-order valence-electron chi connectivity index (χ0n) is 8.13. The Hall–Kier alpha value is -0.870. The third-order valence-corrected chi connectivity index (χ3v) is 2.70. The number of amidine groups is 1. The van der Waals surface area contributed by atoms with Gasteiger partial charge in [-0.2, -0.15) is 0 Å². The van der Waals surface area contributed by atoms with Crippen LogP contribution in [0.15, 0.2) is 27.7 Å². The summed E-state index contributed by atoms with van der Waals surface area (Å²) in [5.74, 6) is 0.470. The zero-order valence-corrected chi connectivity index (χ0v) is 10.5. The molecule has 0 aliphatic rings. The van der Waals surface area contributed by atoms with Crippen molar-refractivity contribution in [2.45, 2.75) is 6.92 Å². The van der Waals surface area contributed by atoms with Gasteiger partial charge in [0, 0.05) is 10.0 Å². The molecule has 0 atom stereocenters. The van der Waals surface area contributed by atoms with Crippen LogP contribution in [0.4, 0.5) is 5.69 Å². The predicted molar refractivity (Wildman–Crippen MR) is 66.1 cm³/mol. The first-order valence-corrected chi connectivity index (χ1v) is 5.57. The van der Waals surface area contributed by atoms with Crippen molar-refractivity contribution in [3.05, 3.63) is 28.2 Å². The van der Waals surface area contributed by atoms with E-state index in [4.69, 9.17) is 17.3 Å². The molecule has 1 aromatic rings. The minimum Gasteiger partial charge on any atom is -0.386 e. The van der Waals surface area contributed by atoms with Crippen LogP contribution in [0.1, 0.15) is 17.3 Å². The number of carbonyl (C=O) groups is 1. The lowest BCUT2D eigenvalue weighted by atomic mass is 10.1. The van der Waals surface area contributed by atoms with Gasteiger partial charge in [-0.15, -0.1) is 11.6 Å². The van der Waals surface area contributed by atoms with E-state index in [1.807, 2.05) is 0 Å². The largest absolute Gasteiger partial charge is 0.386 e. The van der Waals surface area contributed by atoms with Crippen molar-refractivity contribution >= 4 is 44.8 Å². The smallest absolute Gasteiger partial charge is 0.159 e. The highest BCUT2D eigenvalue weighted by molar-refractivity contribution is 9.10. The molecule has 1 aromatic carbocycles. The molecule has 0 aliphatic heterocycles. The lowest BCUT2D eigenvalue weighted by Gasteiger charge is -2.02. The molecule has 5 heteroatoms. The van der Waals surface area contributed by atoms with E-state index in [2.05, 4.69) is 20.9 Å². The molecule has 0 fully saturated rings. The lowest BCUT2D eigenvalue weighted by molar-refractivity contribution is 0.101. The number of nitrogens with zero attached hydrogens (tertiary/aromatic N) is 1. The number of rotatable bonds is 3. The van der Waals surface area contributed by atoms with E-state index >= 15 is 0 Å². The van der Waals surface area contributed by atoms with Gasteiger partial charge in [-0.1, -0.05) is 6.07 Å². The van der Waals surface area contributed by atoms with Crippen LogP contribution in [-0.2, 0) is 0 Å². The summed E-state index contributed by atoms with van der Waals surface area (Å²) < 4.78 is 0.778. The average Bonchev–Trinajstić information content (AvgIpc) is 2.20. The summed E-state index contributed by atoms with van der Waals surface area (Å²) in [7, 11) is 0. The summed E-state index contributed by atoms with van der Waals surface area (Å²) in [6.45, 7) is 1.50. The molecule has 1 rings (SSSR count). The van der Waals surface area contributed by atoms with E-state index < -0.39 is 0 Å². The number of halogens is 2. The quantitative estimate of drug-likeness (QED) is 0.402. The van der Waals surface area contributed by atoms with Crippen LogP contribution in [0.25, 0.3) is 0 Å².